The van der Waals surface area contributed by atoms with Crippen molar-refractivity contribution in [2.75, 3.05) is 13.1 Å². The Labute approximate surface area is 114 Å². The van der Waals surface area contributed by atoms with E-state index in [4.69, 9.17) is 5.73 Å². The average Bonchev–Trinajstić information content (AvgIpc) is 2.28. The van der Waals surface area contributed by atoms with Crippen molar-refractivity contribution < 1.29 is 0 Å². The Morgan fingerprint density at radius 3 is 2.28 bits per heavy atom. The fourth-order valence-electron chi connectivity index (χ4n) is 3.58. The second-order valence-corrected chi connectivity index (χ2v) is 7.02. The Kier molecular flexibility index (Phi) is 6.65. The van der Waals surface area contributed by atoms with Gasteiger partial charge in [0.2, 0.25) is 0 Å². The summed E-state index contributed by atoms with van der Waals surface area (Å²) >= 11 is 0. The minimum Gasteiger partial charge on any atom is -0.329 e. The van der Waals surface area contributed by atoms with E-state index in [0.29, 0.717) is 12.1 Å². The van der Waals surface area contributed by atoms with Crippen molar-refractivity contribution in [2.45, 2.75) is 72.4 Å². The van der Waals surface area contributed by atoms with Crippen molar-refractivity contribution >= 4 is 0 Å². The normalized spacial score (nSPS) is 27.2. The van der Waals surface area contributed by atoms with Gasteiger partial charge in [0.05, 0.1) is 0 Å². The molecule has 0 bridgehead atoms. The largest absolute Gasteiger partial charge is 0.329 e. The van der Waals surface area contributed by atoms with Crippen molar-refractivity contribution in [3.05, 3.63) is 0 Å². The molecule has 1 saturated carbocycles. The SMILES string of the molecule is CC(C)CN(C(C)C)C(CN)C1CCCC(C)C1. The number of nitrogens with two attached hydrogens (primary N) is 1. The van der Waals surface area contributed by atoms with Gasteiger partial charge in [-0.15, -0.1) is 0 Å². The lowest BCUT2D eigenvalue weighted by molar-refractivity contribution is 0.0711. The van der Waals surface area contributed by atoms with Crippen molar-refractivity contribution in [1.29, 1.82) is 0 Å². The molecule has 2 N–H and O–H groups in total. The molecule has 0 radical (unpaired) electrons. The van der Waals surface area contributed by atoms with Gasteiger partial charge in [-0.2, -0.15) is 0 Å². The van der Waals surface area contributed by atoms with Crippen LogP contribution in [0.25, 0.3) is 0 Å². The fourth-order valence-corrected chi connectivity index (χ4v) is 3.58. The molecule has 0 aromatic heterocycles. The lowest BCUT2D eigenvalue weighted by Crippen LogP contribution is -2.51. The Morgan fingerprint density at radius 1 is 1.17 bits per heavy atom. The molecule has 0 saturated heterocycles. The second-order valence-electron chi connectivity index (χ2n) is 7.02. The zero-order valence-electron chi connectivity index (χ0n) is 13.2. The van der Waals surface area contributed by atoms with E-state index in [2.05, 4.69) is 39.5 Å². The van der Waals surface area contributed by atoms with E-state index in [9.17, 15) is 0 Å². The van der Waals surface area contributed by atoms with Gasteiger partial charge in [0, 0.05) is 25.2 Å². The van der Waals surface area contributed by atoms with E-state index in [1.54, 1.807) is 0 Å². The maximum Gasteiger partial charge on any atom is 0.0249 e. The van der Waals surface area contributed by atoms with Crippen LogP contribution in [-0.2, 0) is 0 Å². The van der Waals surface area contributed by atoms with Gasteiger partial charge in [0.15, 0.2) is 0 Å². The van der Waals surface area contributed by atoms with Crippen LogP contribution in [0.15, 0.2) is 0 Å². The zero-order chi connectivity index (χ0) is 13.7. The van der Waals surface area contributed by atoms with E-state index in [0.717, 1.165) is 24.3 Å². The highest BCUT2D eigenvalue weighted by molar-refractivity contribution is 4.86. The van der Waals surface area contributed by atoms with Crippen LogP contribution < -0.4 is 5.73 Å². The van der Waals surface area contributed by atoms with E-state index in [1.807, 2.05) is 0 Å². The van der Waals surface area contributed by atoms with Crippen LogP contribution in [-0.4, -0.2) is 30.1 Å². The Balaban J connectivity index is 2.70. The van der Waals surface area contributed by atoms with Crippen molar-refractivity contribution in [2.24, 2.45) is 23.5 Å². The fraction of sp³-hybridized carbons (Fsp3) is 1.00. The third-order valence-electron chi connectivity index (χ3n) is 4.43. The predicted octanol–water partition coefficient (Wildman–Crippen LogP) is 3.51. The lowest BCUT2D eigenvalue weighted by Gasteiger charge is -2.42. The van der Waals surface area contributed by atoms with Crippen LogP contribution in [0.5, 0.6) is 0 Å². The molecule has 1 aliphatic rings. The van der Waals surface area contributed by atoms with Crippen LogP contribution in [0.4, 0.5) is 0 Å². The number of nitrogens with zero attached hydrogens (tertiary/aromatic N) is 1. The molecule has 1 rings (SSSR count). The Morgan fingerprint density at radius 2 is 1.83 bits per heavy atom. The summed E-state index contributed by atoms with van der Waals surface area (Å²) in [7, 11) is 0. The predicted molar refractivity (Wildman–Crippen MR) is 80.6 cm³/mol. The maximum absolute atomic E-state index is 6.12. The van der Waals surface area contributed by atoms with Crippen LogP contribution in [0.2, 0.25) is 0 Å². The summed E-state index contributed by atoms with van der Waals surface area (Å²) in [4.78, 5) is 2.66. The van der Waals surface area contributed by atoms with Gasteiger partial charge in [-0.3, -0.25) is 4.90 Å². The molecule has 1 aliphatic carbocycles. The molecular weight excluding hydrogens is 220 g/mol. The van der Waals surface area contributed by atoms with E-state index in [1.165, 1.54) is 32.2 Å². The van der Waals surface area contributed by atoms with Crippen LogP contribution in [0.3, 0.4) is 0 Å². The third-order valence-corrected chi connectivity index (χ3v) is 4.43. The highest BCUT2D eigenvalue weighted by Gasteiger charge is 2.31. The van der Waals surface area contributed by atoms with E-state index < -0.39 is 0 Å². The average molecular weight is 254 g/mol. The van der Waals surface area contributed by atoms with Crippen molar-refractivity contribution in [3.63, 3.8) is 0 Å². The smallest absolute Gasteiger partial charge is 0.0249 e. The molecule has 2 nitrogen and oxygen atoms in total. The van der Waals surface area contributed by atoms with Gasteiger partial charge in [0.1, 0.15) is 0 Å². The Hall–Kier alpha value is -0.0800. The molecule has 0 aromatic rings. The molecular formula is C16H34N2. The zero-order valence-corrected chi connectivity index (χ0v) is 13.2. The summed E-state index contributed by atoms with van der Waals surface area (Å²) in [6.45, 7) is 13.7. The molecule has 0 spiro atoms. The first-order chi connectivity index (χ1) is 8.45. The Bertz CT molecular complexity index is 225. The number of hydrogen-bond donors (Lipinski definition) is 1. The molecule has 1 fully saturated rings. The summed E-state index contributed by atoms with van der Waals surface area (Å²) in [5.74, 6) is 2.44. The summed E-state index contributed by atoms with van der Waals surface area (Å²) < 4.78 is 0. The summed E-state index contributed by atoms with van der Waals surface area (Å²) in [6.07, 6.45) is 5.58. The molecule has 108 valence electrons. The lowest BCUT2D eigenvalue weighted by atomic mass is 9.77. The van der Waals surface area contributed by atoms with Gasteiger partial charge in [-0.25, -0.2) is 0 Å². The molecule has 18 heavy (non-hydrogen) atoms. The second kappa shape index (κ2) is 7.49. The van der Waals surface area contributed by atoms with Gasteiger partial charge in [-0.1, -0.05) is 33.6 Å². The van der Waals surface area contributed by atoms with Crippen LogP contribution in [0.1, 0.15) is 60.3 Å². The monoisotopic (exact) mass is 254 g/mol. The van der Waals surface area contributed by atoms with Gasteiger partial charge >= 0.3 is 0 Å². The van der Waals surface area contributed by atoms with Crippen LogP contribution in [0, 0.1) is 17.8 Å². The summed E-state index contributed by atoms with van der Waals surface area (Å²) in [5, 5.41) is 0. The molecule has 0 aromatic carbocycles. The first-order valence-corrected chi connectivity index (χ1v) is 7.91. The minimum absolute atomic E-state index is 0.593. The standard InChI is InChI=1S/C16H34N2/c1-12(2)11-18(13(3)4)16(10-17)15-8-6-7-14(5)9-15/h12-16H,6-11,17H2,1-5H3. The van der Waals surface area contributed by atoms with E-state index in [-0.39, 0.29) is 0 Å². The first kappa shape index (κ1) is 16.0. The van der Waals surface area contributed by atoms with Crippen molar-refractivity contribution in [3.8, 4) is 0 Å². The molecule has 2 heteroatoms. The quantitative estimate of drug-likeness (QED) is 0.786. The molecule has 3 unspecified atom stereocenters. The van der Waals surface area contributed by atoms with Gasteiger partial charge in [-0.05, 0) is 44.4 Å². The molecule has 0 aliphatic heterocycles. The molecule has 0 heterocycles. The number of hydrogen-bond acceptors (Lipinski definition) is 2. The van der Waals surface area contributed by atoms with Crippen LogP contribution >= 0.6 is 0 Å². The van der Waals surface area contributed by atoms with E-state index >= 15 is 0 Å². The number of rotatable bonds is 6. The summed E-state index contributed by atoms with van der Waals surface area (Å²) in [5.41, 5.74) is 6.12. The van der Waals surface area contributed by atoms with Crippen molar-refractivity contribution in [1.82, 2.24) is 4.90 Å². The molecule has 3 atom stereocenters. The maximum atomic E-state index is 6.12. The summed E-state index contributed by atoms with van der Waals surface area (Å²) in [6, 6.07) is 1.20. The van der Waals surface area contributed by atoms with Gasteiger partial charge in [0.25, 0.3) is 0 Å². The third kappa shape index (κ3) is 4.55. The highest BCUT2D eigenvalue weighted by Crippen LogP contribution is 2.33. The topological polar surface area (TPSA) is 29.3 Å². The first-order valence-electron chi connectivity index (χ1n) is 7.91. The highest BCUT2D eigenvalue weighted by atomic mass is 15.2. The van der Waals surface area contributed by atoms with Gasteiger partial charge < -0.3 is 5.73 Å². The minimum atomic E-state index is 0.593. The molecule has 0 amide bonds.